The molecule has 0 aliphatic carbocycles. The fourth-order valence-corrected chi connectivity index (χ4v) is 2.36. The van der Waals surface area contributed by atoms with Crippen molar-refractivity contribution in [2.45, 2.75) is 32.2 Å². The van der Waals surface area contributed by atoms with Gasteiger partial charge in [-0.3, -0.25) is 4.90 Å². The maximum atomic E-state index is 9.01. The molecule has 1 unspecified atom stereocenters. The van der Waals surface area contributed by atoms with E-state index in [1.54, 1.807) is 0 Å². The molecule has 1 atom stereocenters. The molecule has 1 aromatic heterocycles. The summed E-state index contributed by atoms with van der Waals surface area (Å²) in [6.45, 7) is 6.22. The van der Waals surface area contributed by atoms with Crippen molar-refractivity contribution >= 4 is 0 Å². The Morgan fingerprint density at radius 3 is 3.11 bits per heavy atom. The molecule has 0 amide bonds. The monoisotopic (exact) mass is 265 g/mol. The molecular formula is C14H23N3O2. The van der Waals surface area contributed by atoms with Crippen molar-refractivity contribution in [2.24, 2.45) is 0 Å². The van der Waals surface area contributed by atoms with Crippen LogP contribution in [0.5, 0.6) is 0 Å². The first-order valence-electron chi connectivity index (χ1n) is 7.06. The van der Waals surface area contributed by atoms with Crippen molar-refractivity contribution in [1.29, 1.82) is 0 Å². The number of aliphatic hydroxyl groups is 1. The van der Waals surface area contributed by atoms with E-state index in [-0.39, 0.29) is 6.61 Å². The van der Waals surface area contributed by atoms with E-state index in [2.05, 4.69) is 21.8 Å². The van der Waals surface area contributed by atoms with Crippen LogP contribution in [-0.2, 0) is 11.3 Å². The van der Waals surface area contributed by atoms with Gasteiger partial charge < -0.3 is 9.84 Å². The topological polar surface area (TPSA) is 58.5 Å². The molecule has 106 valence electrons. The summed E-state index contributed by atoms with van der Waals surface area (Å²) in [5.41, 5.74) is 1.02. The molecule has 0 saturated carbocycles. The fraction of sp³-hybridized carbons (Fsp3) is 0.714. The first-order valence-corrected chi connectivity index (χ1v) is 7.06. The summed E-state index contributed by atoms with van der Waals surface area (Å²) >= 11 is 0. The maximum Gasteiger partial charge on any atom is 0.133 e. The molecule has 1 aliphatic heterocycles. The highest BCUT2D eigenvalue weighted by Crippen LogP contribution is 2.22. The average Bonchev–Trinajstić information content (AvgIpc) is 2.48. The van der Waals surface area contributed by atoms with Gasteiger partial charge >= 0.3 is 0 Å². The third-order valence-electron chi connectivity index (χ3n) is 3.51. The first kappa shape index (κ1) is 14.4. The van der Waals surface area contributed by atoms with E-state index in [9.17, 15) is 0 Å². The lowest BCUT2D eigenvalue weighted by Gasteiger charge is -2.22. The Morgan fingerprint density at radius 2 is 2.42 bits per heavy atom. The molecule has 5 nitrogen and oxygen atoms in total. The van der Waals surface area contributed by atoms with Crippen molar-refractivity contribution in [2.75, 3.05) is 32.9 Å². The van der Waals surface area contributed by atoms with Crippen molar-refractivity contribution in [3.8, 4) is 0 Å². The van der Waals surface area contributed by atoms with Gasteiger partial charge in [0.15, 0.2) is 0 Å². The lowest BCUT2D eigenvalue weighted by molar-refractivity contribution is 0.0779. The second-order valence-corrected chi connectivity index (χ2v) is 4.91. The van der Waals surface area contributed by atoms with Crippen molar-refractivity contribution < 1.29 is 9.84 Å². The zero-order valence-corrected chi connectivity index (χ0v) is 11.6. The normalized spacial score (nSPS) is 19.8. The SMILES string of the molecule is CCN(CCO)Cc1ccnc(C2CCCOC2)n1. The van der Waals surface area contributed by atoms with Crippen molar-refractivity contribution in [1.82, 2.24) is 14.9 Å². The summed E-state index contributed by atoms with van der Waals surface area (Å²) in [5, 5.41) is 9.01. The van der Waals surface area contributed by atoms with Gasteiger partial charge in [0.1, 0.15) is 5.82 Å². The highest BCUT2D eigenvalue weighted by atomic mass is 16.5. The Bertz CT molecular complexity index is 381. The molecule has 1 aromatic rings. The van der Waals surface area contributed by atoms with Crippen LogP contribution in [0.3, 0.4) is 0 Å². The average molecular weight is 265 g/mol. The number of aliphatic hydroxyl groups excluding tert-OH is 1. The van der Waals surface area contributed by atoms with Gasteiger partial charge in [-0.05, 0) is 25.5 Å². The molecule has 1 fully saturated rings. The van der Waals surface area contributed by atoms with E-state index in [1.165, 1.54) is 0 Å². The Morgan fingerprint density at radius 1 is 1.53 bits per heavy atom. The van der Waals surface area contributed by atoms with Crippen LogP contribution < -0.4 is 0 Å². The van der Waals surface area contributed by atoms with Crippen LogP contribution in [0.25, 0.3) is 0 Å². The molecule has 2 heterocycles. The van der Waals surface area contributed by atoms with Gasteiger partial charge in [-0.25, -0.2) is 9.97 Å². The molecule has 19 heavy (non-hydrogen) atoms. The first-order chi connectivity index (χ1) is 9.33. The van der Waals surface area contributed by atoms with Gasteiger partial charge in [0.2, 0.25) is 0 Å². The number of ether oxygens (including phenoxy) is 1. The number of likely N-dealkylation sites (N-methyl/N-ethyl adjacent to an activating group) is 1. The zero-order chi connectivity index (χ0) is 13.5. The van der Waals surface area contributed by atoms with Gasteiger partial charge in [0.25, 0.3) is 0 Å². The third kappa shape index (κ3) is 4.23. The summed E-state index contributed by atoms with van der Waals surface area (Å²) in [4.78, 5) is 11.2. The van der Waals surface area contributed by atoms with E-state index in [0.717, 1.165) is 50.7 Å². The number of hydrogen-bond acceptors (Lipinski definition) is 5. The molecule has 0 aromatic carbocycles. The Kier molecular flexibility index (Phi) is 5.69. The van der Waals surface area contributed by atoms with Crippen molar-refractivity contribution in [3.63, 3.8) is 0 Å². The second kappa shape index (κ2) is 7.53. The Hall–Kier alpha value is -1.04. The van der Waals surface area contributed by atoms with Crippen LogP contribution in [0.15, 0.2) is 12.3 Å². The van der Waals surface area contributed by atoms with Crippen LogP contribution in [0, 0.1) is 0 Å². The van der Waals surface area contributed by atoms with E-state index in [0.29, 0.717) is 12.5 Å². The summed E-state index contributed by atoms with van der Waals surface area (Å²) in [6.07, 6.45) is 4.03. The minimum absolute atomic E-state index is 0.183. The molecule has 0 spiro atoms. The van der Waals surface area contributed by atoms with E-state index in [4.69, 9.17) is 9.84 Å². The summed E-state index contributed by atoms with van der Waals surface area (Å²) in [7, 11) is 0. The number of hydrogen-bond donors (Lipinski definition) is 1. The predicted molar refractivity (Wildman–Crippen MR) is 72.9 cm³/mol. The standard InChI is InChI=1S/C14H23N3O2/c1-2-17(7-8-18)10-13-5-6-15-14(16-13)12-4-3-9-19-11-12/h5-6,12,18H,2-4,7-11H2,1H3. The Labute approximate surface area is 114 Å². The lowest BCUT2D eigenvalue weighted by Crippen LogP contribution is -2.27. The minimum Gasteiger partial charge on any atom is -0.395 e. The Balaban J connectivity index is 2.01. The summed E-state index contributed by atoms with van der Waals surface area (Å²) in [6, 6.07) is 1.95. The molecule has 0 radical (unpaired) electrons. The van der Waals surface area contributed by atoms with E-state index < -0.39 is 0 Å². The smallest absolute Gasteiger partial charge is 0.133 e. The van der Waals surface area contributed by atoms with Gasteiger partial charge in [-0.1, -0.05) is 6.92 Å². The highest BCUT2D eigenvalue weighted by Gasteiger charge is 2.19. The minimum atomic E-state index is 0.183. The van der Waals surface area contributed by atoms with Crippen LogP contribution in [0.4, 0.5) is 0 Å². The van der Waals surface area contributed by atoms with Crippen LogP contribution in [0.2, 0.25) is 0 Å². The molecular weight excluding hydrogens is 242 g/mol. The number of rotatable bonds is 6. The molecule has 2 rings (SSSR count). The lowest BCUT2D eigenvalue weighted by atomic mass is 10.0. The molecule has 5 heteroatoms. The zero-order valence-electron chi connectivity index (χ0n) is 11.6. The predicted octanol–water partition coefficient (Wildman–Crippen LogP) is 1.18. The summed E-state index contributed by atoms with van der Waals surface area (Å²) < 4.78 is 5.49. The van der Waals surface area contributed by atoms with Crippen LogP contribution in [0.1, 0.15) is 37.2 Å². The van der Waals surface area contributed by atoms with Crippen LogP contribution in [-0.4, -0.2) is 52.9 Å². The number of nitrogens with zero attached hydrogens (tertiary/aromatic N) is 3. The van der Waals surface area contributed by atoms with Gasteiger partial charge in [-0.15, -0.1) is 0 Å². The third-order valence-corrected chi connectivity index (χ3v) is 3.51. The molecule has 1 saturated heterocycles. The second-order valence-electron chi connectivity index (χ2n) is 4.91. The van der Waals surface area contributed by atoms with Gasteiger partial charge in [0, 0.05) is 31.8 Å². The van der Waals surface area contributed by atoms with Gasteiger partial charge in [-0.2, -0.15) is 0 Å². The quantitative estimate of drug-likeness (QED) is 0.837. The highest BCUT2D eigenvalue weighted by molar-refractivity contribution is 5.06. The number of aromatic nitrogens is 2. The van der Waals surface area contributed by atoms with Gasteiger partial charge in [0.05, 0.1) is 18.9 Å². The summed E-state index contributed by atoms with van der Waals surface area (Å²) in [5.74, 6) is 1.24. The maximum absolute atomic E-state index is 9.01. The van der Waals surface area contributed by atoms with Crippen molar-refractivity contribution in [3.05, 3.63) is 23.8 Å². The molecule has 0 bridgehead atoms. The fourth-order valence-electron chi connectivity index (χ4n) is 2.36. The van der Waals surface area contributed by atoms with E-state index in [1.807, 2.05) is 12.3 Å². The van der Waals surface area contributed by atoms with E-state index >= 15 is 0 Å². The largest absolute Gasteiger partial charge is 0.395 e. The molecule has 1 aliphatic rings. The molecule has 1 N–H and O–H groups in total. The van der Waals surface area contributed by atoms with Crippen LogP contribution >= 0.6 is 0 Å².